The minimum Gasteiger partial charge on any atom is -0.481 e. The van der Waals surface area contributed by atoms with Gasteiger partial charge in [0.25, 0.3) is 0 Å². The molecule has 0 amide bonds. The molecule has 5 heteroatoms. The Morgan fingerprint density at radius 1 is 1.38 bits per heavy atom. The van der Waals surface area contributed by atoms with Crippen molar-refractivity contribution in [2.45, 2.75) is 6.42 Å². The summed E-state index contributed by atoms with van der Waals surface area (Å²) in [6.07, 6.45) is -0.0610. The molecule has 1 aromatic carbocycles. The zero-order chi connectivity index (χ0) is 10.0. The van der Waals surface area contributed by atoms with Crippen LogP contribution in [0.5, 0.6) is 0 Å². The highest BCUT2D eigenvalue weighted by Gasteiger charge is 2.10. The van der Waals surface area contributed by atoms with Crippen LogP contribution in [0.1, 0.15) is 5.56 Å². The van der Waals surface area contributed by atoms with E-state index >= 15 is 0 Å². The highest BCUT2D eigenvalue weighted by molar-refractivity contribution is 14.1. The molecule has 0 aliphatic carbocycles. The molecule has 0 fully saturated rings. The van der Waals surface area contributed by atoms with Crippen LogP contribution in [-0.4, -0.2) is 11.1 Å². The third kappa shape index (κ3) is 2.76. The Morgan fingerprint density at radius 2 is 2.00 bits per heavy atom. The molecule has 1 rings (SSSR count). The summed E-state index contributed by atoms with van der Waals surface area (Å²) in [5.41, 5.74) is 0.652. The summed E-state index contributed by atoms with van der Waals surface area (Å²) in [5, 5.41) is 8.55. The molecule has 0 aromatic heterocycles. The fraction of sp³-hybridized carbons (Fsp3) is 0.125. The molecule has 0 radical (unpaired) electrons. The lowest BCUT2D eigenvalue weighted by Crippen LogP contribution is -2.03. The number of carboxylic acids is 1. The number of aliphatic carboxylic acids is 1. The van der Waals surface area contributed by atoms with Gasteiger partial charge in [-0.2, -0.15) is 0 Å². The summed E-state index contributed by atoms with van der Waals surface area (Å²) < 4.78 is 14.1. The van der Waals surface area contributed by atoms with E-state index in [0.717, 1.165) is 0 Å². The molecule has 1 aromatic rings. The molecule has 0 spiro atoms. The largest absolute Gasteiger partial charge is 0.481 e. The molecule has 0 saturated carbocycles. The normalized spacial score (nSPS) is 10.1. The molecular formula is C8H5FI2O2. The first-order valence-electron chi connectivity index (χ1n) is 3.36. The van der Waals surface area contributed by atoms with Gasteiger partial charge in [0.05, 0.1) is 9.99 Å². The van der Waals surface area contributed by atoms with Crippen LogP contribution in [-0.2, 0) is 11.2 Å². The number of hydrogen-bond acceptors (Lipinski definition) is 1. The van der Waals surface area contributed by atoms with Gasteiger partial charge in [0.15, 0.2) is 0 Å². The van der Waals surface area contributed by atoms with Crippen LogP contribution in [0.3, 0.4) is 0 Å². The SMILES string of the molecule is O=C(O)Cc1ccc(F)c(I)c1I. The van der Waals surface area contributed by atoms with Crippen LogP contribution in [0.25, 0.3) is 0 Å². The van der Waals surface area contributed by atoms with Gasteiger partial charge in [0, 0.05) is 3.57 Å². The maximum absolute atomic E-state index is 12.9. The monoisotopic (exact) mass is 406 g/mol. The van der Waals surface area contributed by atoms with E-state index in [2.05, 4.69) is 0 Å². The van der Waals surface area contributed by atoms with Crippen LogP contribution in [0.4, 0.5) is 4.39 Å². The number of rotatable bonds is 2. The van der Waals surface area contributed by atoms with Crippen molar-refractivity contribution >= 4 is 51.2 Å². The lowest BCUT2D eigenvalue weighted by Gasteiger charge is -2.04. The number of benzene rings is 1. The number of hydrogen-bond donors (Lipinski definition) is 1. The molecule has 70 valence electrons. The Bertz CT molecular complexity index is 352. The van der Waals surface area contributed by atoms with Gasteiger partial charge in [0.2, 0.25) is 0 Å². The average molecular weight is 406 g/mol. The van der Waals surface area contributed by atoms with Crippen molar-refractivity contribution in [1.29, 1.82) is 0 Å². The van der Waals surface area contributed by atoms with Crippen LogP contribution in [0, 0.1) is 13.0 Å². The third-order valence-corrected chi connectivity index (χ3v) is 4.78. The first-order valence-corrected chi connectivity index (χ1v) is 5.52. The summed E-state index contributed by atoms with van der Waals surface area (Å²) in [6, 6.07) is 2.80. The smallest absolute Gasteiger partial charge is 0.307 e. The number of carbonyl (C=O) groups is 1. The van der Waals surface area contributed by atoms with Gasteiger partial charge in [-0.05, 0) is 56.8 Å². The Balaban J connectivity index is 3.10. The number of carboxylic acid groups (broad SMARTS) is 1. The maximum Gasteiger partial charge on any atom is 0.307 e. The molecule has 0 heterocycles. The molecule has 0 atom stereocenters. The van der Waals surface area contributed by atoms with Crippen molar-refractivity contribution in [3.63, 3.8) is 0 Å². The van der Waals surface area contributed by atoms with Crippen molar-refractivity contribution in [3.8, 4) is 0 Å². The first kappa shape index (κ1) is 11.2. The lowest BCUT2D eigenvalue weighted by atomic mass is 10.1. The molecule has 0 bridgehead atoms. The van der Waals surface area contributed by atoms with Crippen molar-refractivity contribution < 1.29 is 14.3 Å². The minimum absolute atomic E-state index is 0.0610. The zero-order valence-electron chi connectivity index (χ0n) is 6.35. The van der Waals surface area contributed by atoms with Gasteiger partial charge < -0.3 is 5.11 Å². The second-order valence-electron chi connectivity index (χ2n) is 2.40. The second-order valence-corrected chi connectivity index (χ2v) is 4.56. The fourth-order valence-corrected chi connectivity index (χ4v) is 2.02. The first-order chi connectivity index (χ1) is 6.02. The summed E-state index contributed by atoms with van der Waals surface area (Å²) >= 11 is 3.82. The summed E-state index contributed by atoms with van der Waals surface area (Å²) in [5.74, 6) is -1.21. The van der Waals surface area contributed by atoms with Gasteiger partial charge in [-0.25, -0.2) is 4.39 Å². The van der Waals surface area contributed by atoms with Crippen molar-refractivity contribution in [2.75, 3.05) is 0 Å². The van der Waals surface area contributed by atoms with E-state index in [1.165, 1.54) is 12.1 Å². The molecule has 2 nitrogen and oxygen atoms in total. The van der Waals surface area contributed by atoms with Gasteiger partial charge in [-0.3, -0.25) is 4.79 Å². The van der Waals surface area contributed by atoms with E-state index in [4.69, 9.17) is 5.11 Å². The molecule has 13 heavy (non-hydrogen) atoms. The van der Waals surface area contributed by atoms with Gasteiger partial charge in [-0.1, -0.05) is 6.07 Å². The molecular weight excluding hydrogens is 401 g/mol. The van der Waals surface area contributed by atoms with Crippen LogP contribution < -0.4 is 0 Å². The predicted octanol–water partition coefficient (Wildman–Crippen LogP) is 2.66. The van der Waals surface area contributed by atoms with Crippen molar-refractivity contribution in [3.05, 3.63) is 30.7 Å². The fourth-order valence-electron chi connectivity index (χ4n) is 0.865. The Kier molecular flexibility index (Phi) is 3.89. The van der Waals surface area contributed by atoms with Crippen LogP contribution in [0.2, 0.25) is 0 Å². The highest BCUT2D eigenvalue weighted by atomic mass is 127. The van der Waals surface area contributed by atoms with E-state index in [0.29, 0.717) is 12.7 Å². The second kappa shape index (κ2) is 4.54. The summed E-state index contributed by atoms with van der Waals surface area (Å²) in [6.45, 7) is 0. The average Bonchev–Trinajstić information content (AvgIpc) is 2.06. The van der Waals surface area contributed by atoms with Crippen molar-refractivity contribution in [1.82, 2.24) is 0 Å². The van der Waals surface area contributed by atoms with Gasteiger partial charge >= 0.3 is 5.97 Å². The highest BCUT2D eigenvalue weighted by Crippen LogP contribution is 2.22. The summed E-state index contributed by atoms with van der Waals surface area (Å²) in [4.78, 5) is 10.4. The Labute approximate surface area is 102 Å². The quantitative estimate of drug-likeness (QED) is 0.606. The number of halogens is 3. The van der Waals surface area contributed by atoms with Crippen LogP contribution >= 0.6 is 45.2 Å². The molecule has 0 saturated heterocycles. The Morgan fingerprint density at radius 3 is 2.54 bits per heavy atom. The van der Waals surface area contributed by atoms with Crippen molar-refractivity contribution in [2.24, 2.45) is 0 Å². The van der Waals surface area contributed by atoms with Gasteiger partial charge in [-0.15, -0.1) is 0 Å². The molecule has 0 unspecified atom stereocenters. The Hall–Kier alpha value is 0.0800. The van der Waals surface area contributed by atoms with E-state index in [1.54, 1.807) is 0 Å². The molecule has 0 aliphatic heterocycles. The lowest BCUT2D eigenvalue weighted by molar-refractivity contribution is -0.136. The molecule has 1 N–H and O–H groups in total. The van der Waals surface area contributed by atoms with Gasteiger partial charge in [0.1, 0.15) is 5.82 Å². The summed E-state index contributed by atoms with van der Waals surface area (Å²) in [7, 11) is 0. The molecule has 0 aliphatic rings. The van der Waals surface area contributed by atoms with Crippen LogP contribution in [0.15, 0.2) is 12.1 Å². The maximum atomic E-state index is 12.9. The van der Waals surface area contributed by atoms with E-state index in [9.17, 15) is 9.18 Å². The van der Waals surface area contributed by atoms with E-state index in [1.807, 2.05) is 45.2 Å². The van der Waals surface area contributed by atoms with E-state index in [-0.39, 0.29) is 12.2 Å². The minimum atomic E-state index is -0.902. The third-order valence-electron chi connectivity index (χ3n) is 1.46. The predicted molar refractivity (Wildman–Crippen MR) is 63.2 cm³/mol. The zero-order valence-corrected chi connectivity index (χ0v) is 10.7. The topological polar surface area (TPSA) is 37.3 Å². The standard InChI is InChI=1S/C8H5FI2O2/c9-5-2-1-4(3-6(12)13)7(10)8(5)11/h1-2H,3H2,(H,12,13). The van der Waals surface area contributed by atoms with E-state index < -0.39 is 5.97 Å².